The second-order valence-corrected chi connectivity index (χ2v) is 7.95. The average Bonchev–Trinajstić information content (AvgIpc) is 3.09. The van der Waals surface area contributed by atoms with Crippen molar-refractivity contribution in [1.29, 1.82) is 0 Å². The minimum Gasteiger partial charge on any atom is -0.445 e. The Kier molecular flexibility index (Phi) is 4.85. The number of thiazole rings is 1. The molecule has 1 aliphatic rings. The van der Waals surface area contributed by atoms with Crippen LogP contribution in [0.4, 0.5) is 0 Å². The molecule has 0 N–H and O–H groups in total. The number of oxazole rings is 1. The van der Waals surface area contributed by atoms with Gasteiger partial charge in [-0.25, -0.2) is 9.97 Å². The van der Waals surface area contributed by atoms with Gasteiger partial charge in [-0.15, -0.1) is 11.3 Å². The van der Waals surface area contributed by atoms with Gasteiger partial charge in [0.15, 0.2) is 0 Å². The molecule has 0 saturated heterocycles. The van der Waals surface area contributed by atoms with Crippen molar-refractivity contribution in [3.05, 3.63) is 33.9 Å². The van der Waals surface area contributed by atoms with Crippen molar-refractivity contribution in [2.24, 2.45) is 0 Å². The first-order valence-corrected chi connectivity index (χ1v) is 9.78. The smallest absolute Gasteiger partial charge is 0.206 e. The van der Waals surface area contributed by atoms with Crippen molar-refractivity contribution in [3.63, 3.8) is 0 Å². The highest BCUT2D eigenvalue weighted by atomic mass is 32.2. The van der Waals surface area contributed by atoms with Gasteiger partial charge in [0.2, 0.25) is 5.89 Å². The molecular weight excluding hydrogens is 304 g/mol. The Labute approximate surface area is 131 Å². The molecule has 0 radical (unpaired) electrons. The van der Waals surface area contributed by atoms with Crippen LogP contribution in [0.25, 0.3) is 0 Å². The Hall–Kier alpha value is -1.01. The summed E-state index contributed by atoms with van der Waals surface area (Å²) < 4.78 is 17.5. The zero-order chi connectivity index (χ0) is 14.7. The van der Waals surface area contributed by atoms with Crippen LogP contribution in [0.15, 0.2) is 16.0 Å². The molecule has 1 atom stereocenters. The van der Waals surface area contributed by atoms with Gasteiger partial charge in [-0.3, -0.25) is 4.21 Å². The summed E-state index contributed by atoms with van der Waals surface area (Å²) >= 11 is 1.72. The fourth-order valence-electron chi connectivity index (χ4n) is 2.75. The minimum atomic E-state index is -1.01. The molecule has 2 heterocycles. The molecule has 0 bridgehead atoms. The highest BCUT2D eigenvalue weighted by Crippen LogP contribution is 2.34. The van der Waals surface area contributed by atoms with Crippen LogP contribution in [-0.4, -0.2) is 14.2 Å². The average molecular weight is 324 g/mol. The molecule has 2 aromatic rings. The summed E-state index contributed by atoms with van der Waals surface area (Å²) in [6.07, 6.45) is 8.16. The van der Waals surface area contributed by atoms with E-state index in [9.17, 15) is 4.21 Å². The Morgan fingerprint density at radius 3 is 2.86 bits per heavy atom. The minimum absolute atomic E-state index is 0.365. The molecule has 1 saturated carbocycles. The first-order chi connectivity index (χ1) is 10.2. The van der Waals surface area contributed by atoms with Crippen LogP contribution < -0.4 is 0 Å². The van der Waals surface area contributed by atoms with Crippen LogP contribution in [0.2, 0.25) is 0 Å². The summed E-state index contributed by atoms with van der Waals surface area (Å²) in [7, 11) is -1.01. The van der Waals surface area contributed by atoms with Gasteiger partial charge in [0, 0.05) is 22.1 Å². The van der Waals surface area contributed by atoms with E-state index in [0.717, 1.165) is 11.5 Å². The summed E-state index contributed by atoms with van der Waals surface area (Å²) in [6.45, 7) is 1.84. The summed E-state index contributed by atoms with van der Waals surface area (Å²) in [6, 6.07) is 0. The van der Waals surface area contributed by atoms with Crippen LogP contribution >= 0.6 is 11.3 Å². The number of aryl methyl sites for hydroxylation is 1. The van der Waals surface area contributed by atoms with E-state index >= 15 is 0 Å². The lowest BCUT2D eigenvalue weighted by molar-refractivity contribution is 0.442. The summed E-state index contributed by atoms with van der Waals surface area (Å²) in [5, 5.41) is 3.29. The lowest BCUT2D eigenvalue weighted by atomic mass is 9.90. The molecule has 0 spiro atoms. The molecule has 0 amide bonds. The van der Waals surface area contributed by atoms with Crippen molar-refractivity contribution in [2.75, 3.05) is 0 Å². The monoisotopic (exact) mass is 324 g/mol. The maximum absolute atomic E-state index is 12.2. The Balaban J connectivity index is 1.57. The maximum Gasteiger partial charge on any atom is 0.206 e. The molecular formula is C15H20N2O2S2. The predicted octanol–water partition coefficient (Wildman–Crippen LogP) is 3.94. The fraction of sp³-hybridized carbons (Fsp3) is 0.600. The van der Waals surface area contributed by atoms with Gasteiger partial charge in [-0.2, -0.15) is 0 Å². The fourth-order valence-corrected chi connectivity index (χ4v) is 4.83. The largest absolute Gasteiger partial charge is 0.445 e. The van der Waals surface area contributed by atoms with E-state index in [1.807, 2.05) is 6.92 Å². The SMILES string of the molecule is Cc1cnc(CS(=O)Cc2csc(C3CCCCC3)n2)o1. The van der Waals surface area contributed by atoms with E-state index in [1.165, 1.54) is 37.1 Å². The van der Waals surface area contributed by atoms with Crippen LogP contribution in [0, 0.1) is 6.92 Å². The van der Waals surface area contributed by atoms with Crippen LogP contribution in [0.3, 0.4) is 0 Å². The van der Waals surface area contributed by atoms with Gasteiger partial charge in [-0.1, -0.05) is 19.3 Å². The van der Waals surface area contributed by atoms with Crippen molar-refractivity contribution >= 4 is 22.1 Å². The molecule has 1 fully saturated rings. The number of nitrogens with zero attached hydrogens (tertiary/aromatic N) is 2. The third-order valence-corrected chi connectivity index (χ3v) is 6.03. The third-order valence-electron chi connectivity index (χ3n) is 3.79. The molecule has 21 heavy (non-hydrogen) atoms. The van der Waals surface area contributed by atoms with Gasteiger partial charge >= 0.3 is 0 Å². The van der Waals surface area contributed by atoms with Crippen molar-refractivity contribution in [2.45, 2.75) is 56.5 Å². The Morgan fingerprint density at radius 2 is 2.14 bits per heavy atom. The van der Waals surface area contributed by atoms with Gasteiger partial charge in [-0.05, 0) is 19.8 Å². The van der Waals surface area contributed by atoms with E-state index in [2.05, 4.69) is 10.4 Å². The highest BCUT2D eigenvalue weighted by molar-refractivity contribution is 7.83. The van der Waals surface area contributed by atoms with E-state index in [0.29, 0.717) is 23.3 Å². The number of rotatable bonds is 5. The van der Waals surface area contributed by atoms with Crippen LogP contribution in [0.1, 0.15) is 60.4 Å². The lowest BCUT2D eigenvalue weighted by Crippen LogP contribution is -2.05. The van der Waals surface area contributed by atoms with Gasteiger partial charge in [0.05, 0.1) is 22.7 Å². The second kappa shape index (κ2) is 6.83. The second-order valence-electron chi connectivity index (χ2n) is 5.61. The van der Waals surface area contributed by atoms with E-state index in [4.69, 9.17) is 9.40 Å². The van der Waals surface area contributed by atoms with Crippen LogP contribution in [0.5, 0.6) is 0 Å². The quantitative estimate of drug-likeness (QED) is 0.836. The topological polar surface area (TPSA) is 56.0 Å². The normalized spacial score (nSPS) is 18.0. The van der Waals surface area contributed by atoms with Crippen LogP contribution in [-0.2, 0) is 22.3 Å². The van der Waals surface area contributed by atoms with Crippen molar-refractivity contribution in [3.8, 4) is 0 Å². The van der Waals surface area contributed by atoms with Gasteiger partial charge in [0.1, 0.15) is 11.5 Å². The first kappa shape index (κ1) is 14.9. The molecule has 0 aromatic carbocycles. The molecule has 2 aromatic heterocycles. The summed E-state index contributed by atoms with van der Waals surface area (Å²) in [5.74, 6) is 2.79. The molecule has 0 aliphatic heterocycles. The van der Waals surface area contributed by atoms with E-state index < -0.39 is 10.8 Å². The zero-order valence-corrected chi connectivity index (χ0v) is 13.8. The number of hydrogen-bond acceptors (Lipinski definition) is 5. The maximum atomic E-state index is 12.2. The van der Waals surface area contributed by atoms with E-state index in [1.54, 1.807) is 17.5 Å². The standard InChI is InChI=1S/C15H20N2O2S2/c1-11-7-16-14(19-11)10-21(18)9-13-8-20-15(17-13)12-5-3-2-4-6-12/h7-8,12H,2-6,9-10H2,1H3. The molecule has 4 nitrogen and oxygen atoms in total. The number of aromatic nitrogens is 2. The van der Waals surface area contributed by atoms with Gasteiger partial charge in [0.25, 0.3) is 0 Å². The predicted molar refractivity (Wildman–Crippen MR) is 84.7 cm³/mol. The molecule has 1 aliphatic carbocycles. The van der Waals surface area contributed by atoms with E-state index in [-0.39, 0.29) is 0 Å². The Morgan fingerprint density at radius 1 is 1.33 bits per heavy atom. The highest BCUT2D eigenvalue weighted by Gasteiger charge is 2.19. The lowest BCUT2D eigenvalue weighted by Gasteiger charge is -2.18. The molecule has 3 rings (SSSR count). The van der Waals surface area contributed by atoms with Crippen molar-refractivity contribution < 1.29 is 8.63 Å². The molecule has 1 unspecified atom stereocenters. The summed E-state index contributed by atoms with van der Waals surface area (Å²) in [4.78, 5) is 8.79. The van der Waals surface area contributed by atoms with Crippen molar-refractivity contribution in [1.82, 2.24) is 9.97 Å². The molecule has 114 valence electrons. The summed E-state index contributed by atoms with van der Waals surface area (Å²) in [5.41, 5.74) is 0.946. The first-order valence-electron chi connectivity index (χ1n) is 7.41. The molecule has 6 heteroatoms. The third kappa shape index (κ3) is 4.01. The zero-order valence-electron chi connectivity index (χ0n) is 12.2. The number of hydrogen-bond donors (Lipinski definition) is 0. The Bertz CT molecular complexity index is 615. The van der Waals surface area contributed by atoms with Gasteiger partial charge < -0.3 is 4.42 Å².